The Hall–Kier alpha value is -3.95. The lowest BCUT2D eigenvalue weighted by molar-refractivity contribution is -0.121. The first-order valence-electron chi connectivity index (χ1n) is 16.5. The van der Waals surface area contributed by atoms with Crippen LogP contribution in [0.2, 0.25) is 5.02 Å². The van der Waals surface area contributed by atoms with Crippen LogP contribution in [0.1, 0.15) is 107 Å². The number of furan rings is 1. The van der Waals surface area contributed by atoms with Crippen molar-refractivity contribution in [2.75, 3.05) is 19.6 Å². The molecular weight excluding hydrogens is 681 g/mol. The Bertz CT molecular complexity index is 1830. The van der Waals surface area contributed by atoms with E-state index in [1.54, 1.807) is 23.5 Å². The fourth-order valence-corrected chi connectivity index (χ4v) is 7.04. The maximum absolute atomic E-state index is 13.2. The van der Waals surface area contributed by atoms with E-state index in [4.69, 9.17) is 26.7 Å². The number of unbranched alkanes of at least 4 members (excludes halogenated alkanes) is 6. The van der Waals surface area contributed by atoms with Gasteiger partial charge in [-0.15, -0.1) is 33.9 Å². The molecule has 2 amide bonds. The van der Waals surface area contributed by atoms with Crippen molar-refractivity contribution in [1.29, 1.82) is 0 Å². The number of carbonyl (C=O) groups excluding carboxylic acids is 2. The van der Waals surface area contributed by atoms with Crippen LogP contribution in [0, 0.1) is 32.6 Å². The van der Waals surface area contributed by atoms with E-state index in [1.807, 2.05) is 31.2 Å². The fourth-order valence-electron chi connectivity index (χ4n) is 5.70. The predicted molar refractivity (Wildman–Crippen MR) is 197 cm³/mol. The summed E-state index contributed by atoms with van der Waals surface area (Å²) in [6, 6.07) is 10.5. The highest BCUT2D eigenvalue weighted by Gasteiger charge is 2.32. The highest BCUT2D eigenvalue weighted by atomic mass is 35.5. The number of nitrogens with one attached hydrogen (secondary N) is 2. The van der Waals surface area contributed by atoms with Gasteiger partial charge >= 0.3 is 0 Å². The van der Waals surface area contributed by atoms with E-state index in [0.717, 1.165) is 78.2 Å². The third-order valence-electron chi connectivity index (χ3n) is 8.34. The average Bonchev–Trinajstić information content (AvgIpc) is 3.76. The minimum atomic E-state index is -0.479. The van der Waals surface area contributed by atoms with Gasteiger partial charge in [0, 0.05) is 34.1 Å². The number of hydrogen-bond acceptors (Lipinski definition) is 8. The molecule has 10 nitrogen and oxygen atoms in total. The van der Waals surface area contributed by atoms with Gasteiger partial charge in [-0.25, -0.2) is 0 Å². The number of carbonyl (C=O) groups is 2. The monoisotopic (exact) mass is 723 g/mol. The summed E-state index contributed by atoms with van der Waals surface area (Å²) in [4.78, 5) is 31.8. The molecule has 0 saturated heterocycles. The standard InChI is InChI=1S/C36H42ClN7O3S.ClH/c1-23-24(2)48-36-32(23)33(26-13-15-27(37)16-14-26)41-29(34-43-42-25(3)44(34)36)22-31(45)39-20-9-7-5-4-6-8-10-21-40-35(46)30-18-17-28(47-30)12-11-19-38;/h13-18,29H,4-10,19-22,38H2,1-3H3,(H,39,45)(H,40,46);1H/t29-;/m0./s1. The second-order valence-corrected chi connectivity index (χ2v) is 13.5. The van der Waals surface area contributed by atoms with E-state index in [2.05, 4.69) is 51.1 Å². The van der Waals surface area contributed by atoms with Crippen molar-refractivity contribution >= 4 is 52.9 Å². The lowest BCUT2D eigenvalue weighted by Gasteiger charge is -2.13. The van der Waals surface area contributed by atoms with E-state index in [9.17, 15) is 9.59 Å². The van der Waals surface area contributed by atoms with Gasteiger partial charge in [0.15, 0.2) is 17.3 Å². The van der Waals surface area contributed by atoms with Crippen LogP contribution in [0.4, 0.5) is 0 Å². The van der Waals surface area contributed by atoms with Gasteiger partial charge in [0.1, 0.15) is 16.9 Å². The molecule has 0 spiro atoms. The van der Waals surface area contributed by atoms with Gasteiger partial charge in [-0.3, -0.25) is 19.1 Å². The molecule has 1 aromatic carbocycles. The quantitative estimate of drug-likeness (QED) is 0.0967. The second kappa shape index (κ2) is 18.2. The summed E-state index contributed by atoms with van der Waals surface area (Å²) in [5.74, 6) is 7.33. The van der Waals surface area contributed by atoms with E-state index in [-0.39, 0.29) is 42.9 Å². The zero-order valence-electron chi connectivity index (χ0n) is 28.1. The highest BCUT2D eigenvalue weighted by molar-refractivity contribution is 7.15. The van der Waals surface area contributed by atoms with Crippen LogP contribution >= 0.6 is 35.3 Å². The van der Waals surface area contributed by atoms with Crippen molar-refractivity contribution < 1.29 is 14.0 Å². The van der Waals surface area contributed by atoms with Gasteiger partial charge in [-0.05, 0) is 69.4 Å². The molecular formula is C36H43Cl2N7O3S. The molecule has 49 heavy (non-hydrogen) atoms. The van der Waals surface area contributed by atoms with Crippen molar-refractivity contribution in [3.63, 3.8) is 0 Å². The van der Waals surface area contributed by atoms with Crippen LogP contribution in [0.15, 0.2) is 45.8 Å². The molecule has 5 rings (SSSR count). The number of fused-ring (bicyclic) bond motifs is 3. The van der Waals surface area contributed by atoms with Crippen LogP contribution in [0.25, 0.3) is 5.00 Å². The summed E-state index contributed by atoms with van der Waals surface area (Å²) in [7, 11) is 0. The zero-order chi connectivity index (χ0) is 34.0. The SMILES string of the molecule is Cc1sc2c(c1C)C(c1ccc(Cl)cc1)=N[C@@H](CC(=O)NCCCCCCCCCNC(=O)c1ccc(C#CCN)o1)c1nnc(C)n1-2.Cl. The predicted octanol–water partition coefficient (Wildman–Crippen LogP) is 6.79. The van der Waals surface area contributed by atoms with Crippen LogP contribution in [-0.4, -0.2) is 51.9 Å². The Labute approximate surface area is 302 Å². The maximum atomic E-state index is 13.2. The summed E-state index contributed by atoms with van der Waals surface area (Å²) in [6.07, 6.45) is 7.40. The summed E-state index contributed by atoms with van der Waals surface area (Å²) < 4.78 is 7.48. The smallest absolute Gasteiger partial charge is 0.287 e. The topological polar surface area (TPSA) is 140 Å². The van der Waals surface area contributed by atoms with Crippen molar-refractivity contribution in [2.45, 2.75) is 78.2 Å². The number of thiophene rings is 1. The first-order valence-corrected chi connectivity index (χ1v) is 17.7. The van der Waals surface area contributed by atoms with Crippen molar-refractivity contribution in [1.82, 2.24) is 25.4 Å². The van der Waals surface area contributed by atoms with Crippen LogP contribution < -0.4 is 16.4 Å². The van der Waals surface area contributed by atoms with Gasteiger partial charge in [0.25, 0.3) is 5.91 Å². The number of benzene rings is 1. The summed E-state index contributed by atoms with van der Waals surface area (Å²) >= 11 is 7.91. The third kappa shape index (κ3) is 9.61. The molecule has 13 heteroatoms. The van der Waals surface area contributed by atoms with E-state index < -0.39 is 6.04 Å². The molecule has 260 valence electrons. The van der Waals surface area contributed by atoms with Gasteiger partial charge in [-0.1, -0.05) is 61.8 Å². The number of hydrogen-bond donors (Lipinski definition) is 3. The molecule has 0 saturated carbocycles. The Morgan fingerprint density at radius 1 is 0.959 bits per heavy atom. The lowest BCUT2D eigenvalue weighted by Crippen LogP contribution is -2.26. The molecule has 4 heterocycles. The molecule has 0 aliphatic carbocycles. The Morgan fingerprint density at radius 2 is 1.63 bits per heavy atom. The summed E-state index contributed by atoms with van der Waals surface area (Å²) in [5, 5.41) is 16.5. The van der Waals surface area contributed by atoms with Crippen LogP contribution in [-0.2, 0) is 4.79 Å². The fraction of sp³-hybridized carbons (Fsp3) is 0.417. The van der Waals surface area contributed by atoms with Gasteiger partial charge in [0.05, 0.1) is 18.7 Å². The highest BCUT2D eigenvalue weighted by Crippen LogP contribution is 2.39. The molecule has 0 fully saturated rings. The maximum Gasteiger partial charge on any atom is 0.287 e. The molecule has 0 unspecified atom stereocenters. The van der Waals surface area contributed by atoms with E-state index in [0.29, 0.717) is 29.7 Å². The van der Waals surface area contributed by atoms with Gasteiger partial charge in [0.2, 0.25) is 5.91 Å². The number of halogens is 2. The third-order valence-corrected chi connectivity index (χ3v) is 9.79. The molecule has 0 radical (unpaired) electrons. The number of aryl methyl sites for hydroxylation is 2. The number of aliphatic imine (C=N–C) groups is 1. The minimum Gasteiger partial charge on any atom is -0.443 e. The molecule has 4 aromatic rings. The number of nitrogens with two attached hydrogens (primary N) is 1. The molecule has 1 aliphatic rings. The molecule has 4 N–H and O–H groups in total. The molecule has 0 bridgehead atoms. The zero-order valence-corrected chi connectivity index (χ0v) is 30.5. The molecule has 1 aliphatic heterocycles. The Kier molecular flexibility index (Phi) is 14.0. The normalized spacial score (nSPS) is 13.2. The van der Waals surface area contributed by atoms with E-state index in [1.165, 1.54) is 4.88 Å². The van der Waals surface area contributed by atoms with Gasteiger partial charge in [-0.2, -0.15) is 0 Å². The van der Waals surface area contributed by atoms with Crippen LogP contribution in [0.5, 0.6) is 0 Å². The number of amides is 2. The van der Waals surface area contributed by atoms with Crippen molar-refractivity contribution in [3.05, 3.63) is 86.2 Å². The first kappa shape index (κ1) is 37.9. The Balaban J connectivity index is 0.00000541. The van der Waals surface area contributed by atoms with Gasteiger partial charge < -0.3 is 20.8 Å². The summed E-state index contributed by atoms with van der Waals surface area (Å²) in [6.45, 7) is 7.63. The molecule has 3 aromatic heterocycles. The number of rotatable bonds is 14. The van der Waals surface area contributed by atoms with E-state index >= 15 is 0 Å². The number of nitrogens with zero attached hydrogens (tertiary/aromatic N) is 4. The Morgan fingerprint density at radius 3 is 2.33 bits per heavy atom. The minimum absolute atomic E-state index is 0. The largest absolute Gasteiger partial charge is 0.443 e. The molecule has 1 atom stereocenters. The van der Waals surface area contributed by atoms with Crippen molar-refractivity contribution in [3.8, 4) is 16.8 Å². The second-order valence-electron chi connectivity index (χ2n) is 11.9. The first-order chi connectivity index (χ1) is 23.3. The van der Waals surface area contributed by atoms with Crippen molar-refractivity contribution in [2.24, 2.45) is 10.7 Å². The van der Waals surface area contributed by atoms with Crippen LogP contribution in [0.3, 0.4) is 0 Å². The average molecular weight is 725 g/mol. The summed E-state index contributed by atoms with van der Waals surface area (Å²) in [5.41, 5.74) is 9.36. The number of aromatic nitrogens is 3. The lowest BCUT2D eigenvalue weighted by atomic mass is 9.99.